The number of esters is 1. The minimum atomic E-state index is -0.990. The monoisotopic (exact) mass is 370 g/mol. The van der Waals surface area contributed by atoms with E-state index < -0.39 is 11.9 Å². The Morgan fingerprint density at radius 3 is 2.76 bits per heavy atom. The maximum absolute atomic E-state index is 11.3. The van der Waals surface area contributed by atoms with Crippen LogP contribution in [0.3, 0.4) is 0 Å². The summed E-state index contributed by atoms with van der Waals surface area (Å²) >= 11 is 4.61. The lowest BCUT2D eigenvalue weighted by molar-refractivity contribution is 0.0563. The third-order valence-corrected chi connectivity index (χ3v) is 4.31. The van der Waals surface area contributed by atoms with Crippen LogP contribution in [0.15, 0.2) is 44.1 Å². The molecule has 1 heterocycles. The second-order valence-electron chi connectivity index (χ2n) is 3.99. The quantitative estimate of drug-likeness (QED) is 0.636. The average Bonchev–Trinajstić information content (AvgIpc) is 2.94. The van der Waals surface area contributed by atoms with Crippen molar-refractivity contribution in [2.75, 3.05) is 7.11 Å². The predicted octanol–water partition coefficient (Wildman–Crippen LogP) is 3.82. The van der Waals surface area contributed by atoms with Gasteiger partial charge in [0.15, 0.2) is 0 Å². The molecule has 0 saturated carbocycles. The molecule has 0 saturated heterocycles. The van der Waals surface area contributed by atoms with Crippen molar-refractivity contribution in [2.45, 2.75) is 10.6 Å². The second-order valence-corrected chi connectivity index (χ2v) is 5.90. The molecule has 0 aliphatic carbocycles. The summed E-state index contributed by atoms with van der Waals surface area (Å²) in [5, 5.41) is 9.06. The van der Waals surface area contributed by atoms with Crippen molar-refractivity contribution in [3.05, 3.63) is 51.9 Å². The Kier molecular flexibility index (Phi) is 5.08. The minimum Gasteiger partial charge on any atom is -0.478 e. The van der Waals surface area contributed by atoms with Gasteiger partial charge in [-0.3, -0.25) is 0 Å². The first kappa shape index (κ1) is 15.7. The molecule has 1 aromatic heterocycles. The van der Waals surface area contributed by atoms with Gasteiger partial charge in [-0.1, -0.05) is 0 Å². The second kappa shape index (κ2) is 6.82. The highest BCUT2D eigenvalue weighted by Gasteiger charge is 2.12. The molecule has 0 radical (unpaired) electrons. The van der Waals surface area contributed by atoms with Crippen molar-refractivity contribution >= 4 is 39.6 Å². The Morgan fingerprint density at radius 2 is 2.10 bits per heavy atom. The number of rotatable bonds is 5. The molecule has 2 rings (SSSR count). The Morgan fingerprint density at radius 1 is 1.33 bits per heavy atom. The van der Waals surface area contributed by atoms with E-state index in [1.807, 2.05) is 6.07 Å². The standard InChI is InChI=1S/C14H11BrO5S/c1-19-14(18)12-5-2-8(20-12)7-21-9-3-4-11(15)10(6-9)13(16)17/h2-6H,7H2,1H3,(H,16,17). The summed E-state index contributed by atoms with van der Waals surface area (Å²) in [5.74, 6) is -0.272. The summed E-state index contributed by atoms with van der Waals surface area (Å²) in [6.07, 6.45) is 0. The molecule has 5 nitrogen and oxygen atoms in total. The van der Waals surface area contributed by atoms with Crippen molar-refractivity contribution in [1.82, 2.24) is 0 Å². The lowest BCUT2D eigenvalue weighted by Gasteiger charge is -2.03. The summed E-state index contributed by atoms with van der Waals surface area (Å²) in [7, 11) is 1.29. The van der Waals surface area contributed by atoms with Crippen LogP contribution in [0.25, 0.3) is 0 Å². The molecule has 0 spiro atoms. The first-order chi connectivity index (χ1) is 10.0. The average molecular weight is 371 g/mol. The van der Waals surface area contributed by atoms with E-state index in [0.717, 1.165) is 4.90 Å². The van der Waals surface area contributed by atoms with Crippen LogP contribution < -0.4 is 0 Å². The molecule has 0 aliphatic heterocycles. The summed E-state index contributed by atoms with van der Waals surface area (Å²) in [6, 6.07) is 8.32. The molecule has 0 fully saturated rings. The number of hydrogen-bond donors (Lipinski definition) is 1. The number of carboxylic acid groups (broad SMARTS) is 1. The number of halogens is 1. The van der Waals surface area contributed by atoms with Gasteiger partial charge in [0.1, 0.15) is 5.76 Å². The number of ether oxygens (including phenoxy) is 1. The molecule has 0 atom stereocenters. The zero-order chi connectivity index (χ0) is 15.4. The lowest BCUT2D eigenvalue weighted by Crippen LogP contribution is -1.98. The molecule has 2 aromatic rings. The Hall–Kier alpha value is -1.73. The molecule has 0 bridgehead atoms. The van der Waals surface area contributed by atoms with Crippen LogP contribution in [0.1, 0.15) is 26.7 Å². The normalized spacial score (nSPS) is 10.4. The fraction of sp³-hybridized carbons (Fsp3) is 0.143. The van der Waals surface area contributed by atoms with E-state index in [9.17, 15) is 9.59 Å². The summed E-state index contributed by atoms with van der Waals surface area (Å²) in [4.78, 5) is 23.1. The molecule has 0 aliphatic rings. The zero-order valence-corrected chi connectivity index (χ0v) is 13.4. The van der Waals surface area contributed by atoms with Crippen LogP contribution in [0.2, 0.25) is 0 Å². The summed E-state index contributed by atoms with van der Waals surface area (Å²) in [6.45, 7) is 0. The number of thioether (sulfide) groups is 1. The Balaban J connectivity index is 2.06. The van der Waals surface area contributed by atoms with Crippen LogP contribution in [0, 0.1) is 0 Å². The highest BCUT2D eigenvalue weighted by atomic mass is 79.9. The van der Waals surface area contributed by atoms with Gasteiger partial charge in [0.2, 0.25) is 5.76 Å². The van der Waals surface area contributed by atoms with E-state index in [4.69, 9.17) is 9.52 Å². The smallest absolute Gasteiger partial charge is 0.373 e. The largest absolute Gasteiger partial charge is 0.478 e. The SMILES string of the molecule is COC(=O)c1ccc(CSc2ccc(Br)c(C(=O)O)c2)o1. The van der Waals surface area contributed by atoms with Gasteiger partial charge < -0.3 is 14.3 Å². The molecule has 0 unspecified atom stereocenters. The first-order valence-electron chi connectivity index (χ1n) is 5.84. The molecular formula is C14H11BrO5S. The van der Waals surface area contributed by atoms with E-state index in [1.54, 1.807) is 24.3 Å². The van der Waals surface area contributed by atoms with Crippen molar-refractivity contribution in [2.24, 2.45) is 0 Å². The summed E-state index contributed by atoms with van der Waals surface area (Å²) < 4.78 is 10.4. The Bertz CT molecular complexity index is 680. The highest BCUT2D eigenvalue weighted by Crippen LogP contribution is 2.28. The molecule has 1 aromatic carbocycles. The van der Waals surface area contributed by atoms with Crippen LogP contribution >= 0.6 is 27.7 Å². The lowest BCUT2D eigenvalue weighted by atomic mass is 10.2. The molecule has 7 heteroatoms. The Labute approximate surface area is 133 Å². The van der Waals surface area contributed by atoms with Gasteiger partial charge in [-0.25, -0.2) is 9.59 Å². The fourth-order valence-corrected chi connectivity index (χ4v) is 2.82. The third-order valence-electron chi connectivity index (χ3n) is 2.60. The number of furan rings is 1. The molecule has 110 valence electrons. The number of carbonyl (C=O) groups excluding carboxylic acids is 1. The topological polar surface area (TPSA) is 76.7 Å². The van der Waals surface area contributed by atoms with E-state index in [1.165, 1.54) is 18.9 Å². The molecular weight excluding hydrogens is 360 g/mol. The van der Waals surface area contributed by atoms with E-state index >= 15 is 0 Å². The van der Waals surface area contributed by atoms with E-state index in [2.05, 4.69) is 20.7 Å². The third kappa shape index (κ3) is 3.89. The van der Waals surface area contributed by atoms with Crippen LogP contribution in [0.4, 0.5) is 0 Å². The van der Waals surface area contributed by atoms with Crippen molar-refractivity contribution in [3.8, 4) is 0 Å². The minimum absolute atomic E-state index is 0.148. The number of hydrogen-bond acceptors (Lipinski definition) is 5. The zero-order valence-electron chi connectivity index (χ0n) is 11.0. The number of carboxylic acids is 1. The highest BCUT2D eigenvalue weighted by molar-refractivity contribution is 9.10. The molecule has 21 heavy (non-hydrogen) atoms. The van der Waals surface area contributed by atoms with Crippen LogP contribution in [0.5, 0.6) is 0 Å². The van der Waals surface area contributed by atoms with Gasteiger partial charge >= 0.3 is 11.9 Å². The maximum atomic E-state index is 11.3. The van der Waals surface area contributed by atoms with Gasteiger partial charge in [-0.2, -0.15) is 0 Å². The van der Waals surface area contributed by atoms with Crippen molar-refractivity contribution in [1.29, 1.82) is 0 Å². The molecule has 0 amide bonds. The van der Waals surface area contributed by atoms with Gasteiger partial charge in [0, 0.05) is 9.37 Å². The number of carbonyl (C=O) groups is 2. The fourth-order valence-electron chi connectivity index (χ4n) is 1.58. The molecule has 1 N–H and O–H groups in total. The van der Waals surface area contributed by atoms with Crippen molar-refractivity contribution in [3.63, 3.8) is 0 Å². The first-order valence-corrected chi connectivity index (χ1v) is 7.62. The van der Waals surface area contributed by atoms with E-state index in [-0.39, 0.29) is 11.3 Å². The van der Waals surface area contributed by atoms with Gasteiger partial charge in [0.05, 0.1) is 18.4 Å². The van der Waals surface area contributed by atoms with Gasteiger partial charge in [0.25, 0.3) is 0 Å². The van der Waals surface area contributed by atoms with E-state index in [0.29, 0.717) is 16.0 Å². The number of aromatic carboxylic acids is 1. The van der Waals surface area contributed by atoms with Gasteiger partial charge in [-0.15, -0.1) is 11.8 Å². The summed E-state index contributed by atoms with van der Waals surface area (Å²) in [5.41, 5.74) is 0.203. The predicted molar refractivity (Wildman–Crippen MR) is 80.7 cm³/mol. The van der Waals surface area contributed by atoms with Crippen LogP contribution in [-0.2, 0) is 10.5 Å². The van der Waals surface area contributed by atoms with Crippen molar-refractivity contribution < 1.29 is 23.8 Å². The number of methoxy groups -OCH3 is 1. The maximum Gasteiger partial charge on any atom is 0.373 e. The van der Waals surface area contributed by atoms with Crippen LogP contribution in [-0.4, -0.2) is 24.2 Å². The van der Waals surface area contributed by atoms with Gasteiger partial charge in [-0.05, 0) is 46.3 Å². The number of benzene rings is 1.